The first kappa shape index (κ1) is 13.5. The molecule has 0 fully saturated rings. The third kappa shape index (κ3) is 2.30. The smallest absolute Gasteiger partial charge is 0.0702 e. The molecule has 1 unspecified atom stereocenters. The average Bonchev–Trinajstić information content (AvgIpc) is 2.60. The fourth-order valence-corrected chi connectivity index (χ4v) is 3.51. The van der Waals surface area contributed by atoms with Crippen molar-refractivity contribution in [3.05, 3.63) is 65.9 Å². The van der Waals surface area contributed by atoms with Crippen LogP contribution in [-0.4, -0.2) is 12.0 Å². The lowest BCUT2D eigenvalue weighted by atomic mass is 9.86. The molecule has 0 saturated carbocycles. The summed E-state index contributed by atoms with van der Waals surface area (Å²) in [6.45, 7) is 0. The van der Waals surface area contributed by atoms with Gasteiger partial charge in [0.05, 0.1) is 5.52 Å². The molecule has 1 heterocycles. The van der Waals surface area contributed by atoms with Gasteiger partial charge in [-0.1, -0.05) is 30.3 Å². The molecule has 0 bridgehead atoms. The molecule has 3 aromatic rings. The Kier molecular flexibility index (Phi) is 3.39. The van der Waals surface area contributed by atoms with Crippen LogP contribution in [0.5, 0.6) is 0 Å². The van der Waals surface area contributed by atoms with E-state index in [0.29, 0.717) is 6.04 Å². The maximum atomic E-state index is 4.59. The number of para-hydroxylation sites is 1. The Balaban J connectivity index is 1.81. The maximum absolute atomic E-state index is 4.59. The molecule has 0 spiro atoms. The molecule has 0 radical (unpaired) electrons. The van der Waals surface area contributed by atoms with Gasteiger partial charge in [-0.25, -0.2) is 0 Å². The van der Waals surface area contributed by atoms with Crippen molar-refractivity contribution in [2.24, 2.45) is 0 Å². The molecule has 1 aliphatic carbocycles. The first-order valence-electron chi connectivity index (χ1n) is 8.00. The molecule has 0 saturated heterocycles. The molecule has 22 heavy (non-hydrogen) atoms. The highest BCUT2D eigenvalue weighted by atomic mass is 14.9. The summed E-state index contributed by atoms with van der Waals surface area (Å²) in [7, 11) is 2.06. The zero-order valence-corrected chi connectivity index (χ0v) is 12.8. The summed E-state index contributed by atoms with van der Waals surface area (Å²) in [6, 6.07) is 17.9. The summed E-state index contributed by atoms with van der Waals surface area (Å²) in [6.07, 6.45) is 5.68. The number of nitrogens with zero attached hydrogens (tertiary/aromatic N) is 1. The van der Waals surface area contributed by atoms with E-state index in [2.05, 4.69) is 59.8 Å². The second kappa shape index (κ2) is 5.54. The number of hydrogen-bond donors (Lipinski definition) is 1. The van der Waals surface area contributed by atoms with E-state index < -0.39 is 0 Å². The fraction of sp³-hybridized carbons (Fsp3) is 0.250. The quantitative estimate of drug-likeness (QED) is 0.751. The van der Waals surface area contributed by atoms with Crippen LogP contribution in [0.1, 0.15) is 30.0 Å². The van der Waals surface area contributed by atoms with Gasteiger partial charge in [0.1, 0.15) is 0 Å². The van der Waals surface area contributed by atoms with Gasteiger partial charge in [0.2, 0.25) is 0 Å². The number of hydrogen-bond acceptors (Lipinski definition) is 2. The fourth-order valence-electron chi connectivity index (χ4n) is 3.51. The number of aromatic nitrogens is 1. The van der Waals surface area contributed by atoms with Crippen molar-refractivity contribution in [1.29, 1.82) is 0 Å². The molecule has 4 rings (SSSR count). The van der Waals surface area contributed by atoms with Crippen LogP contribution in [0.15, 0.2) is 54.7 Å². The van der Waals surface area contributed by atoms with Gasteiger partial charge >= 0.3 is 0 Å². The van der Waals surface area contributed by atoms with Gasteiger partial charge in [-0.15, -0.1) is 0 Å². The van der Waals surface area contributed by atoms with Crippen LogP contribution in [0.3, 0.4) is 0 Å². The molecule has 0 aliphatic heterocycles. The number of aryl methyl sites for hydroxylation is 1. The van der Waals surface area contributed by atoms with E-state index in [4.69, 9.17) is 0 Å². The summed E-state index contributed by atoms with van der Waals surface area (Å²) in [5.41, 5.74) is 6.46. The van der Waals surface area contributed by atoms with Crippen LogP contribution in [0.2, 0.25) is 0 Å². The molecule has 1 atom stereocenters. The summed E-state index contributed by atoms with van der Waals surface area (Å²) in [4.78, 5) is 4.59. The molecule has 110 valence electrons. The van der Waals surface area contributed by atoms with Crippen molar-refractivity contribution in [2.75, 3.05) is 7.05 Å². The van der Waals surface area contributed by atoms with Crippen LogP contribution < -0.4 is 5.32 Å². The Labute approximate surface area is 131 Å². The molecule has 2 nitrogen and oxygen atoms in total. The lowest BCUT2D eigenvalue weighted by molar-refractivity contribution is 0.497. The van der Waals surface area contributed by atoms with Gasteiger partial charge in [0.15, 0.2) is 0 Å². The summed E-state index contributed by atoms with van der Waals surface area (Å²) in [5, 5.41) is 4.65. The van der Waals surface area contributed by atoms with Crippen LogP contribution >= 0.6 is 0 Å². The van der Waals surface area contributed by atoms with E-state index in [9.17, 15) is 0 Å². The Bertz CT molecular complexity index is 823. The van der Waals surface area contributed by atoms with Crippen LogP contribution in [0.4, 0.5) is 0 Å². The largest absolute Gasteiger partial charge is 0.313 e. The van der Waals surface area contributed by atoms with Gasteiger partial charge in [0.25, 0.3) is 0 Å². The van der Waals surface area contributed by atoms with Crippen molar-refractivity contribution in [1.82, 2.24) is 10.3 Å². The minimum atomic E-state index is 0.483. The molecular formula is C20H20N2. The van der Waals surface area contributed by atoms with Gasteiger partial charge in [0, 0.05) is 23.2 Å². The standard InChI is InChI=1S/C20H20N2/c1-21-20-8-4-6-14-9-10-15(12-18(14)20)17-11-16-5-2-3-7-19(16)22-13-17/h2-3,5,7,9-13,20-21H,4,6,8H2,1H3. The zero-order valence-electron chi connectivity index (χ0n) is 12.8. The highest BCUT2D eigenvalue weighted by Gasteiger charge is 2.19. The van der Waals surface area contributed by atoms with Gasteiger partial charge < -0.3 is 5.32 Å². The minimum absolute atomic E-state index is 0.483. The minimum Gasteiger partial charge on any atom is -0.313 e. The Morgan fingerprint density at radius 1 is 1.05 bits per heavy atom. The van der Waals surface area contributed by atoms with Crippen molar-refractivity contribution in [3.8, 4) is 11.1 Å². The second-order valence-corrected chi connectivity index (χ2v) is 6.06. The van der Waals surface area contributed by atoms with Crippen molar-refractivity contribution in [2.45, 2.75) is 25.3 Å². The molecule has 1 aromatic heterocycles. The molecule has 0 amide bonds. The van der Waals surface area contributed by atoms with Crippen LogP contribution in [0.25, 0.3) is 22.0 Å². The number of fused-ring (bicyclic) bond motifs is 2. The van der Waals surface area contributed by atoms with E-state index in [0.717, 1.165) is 5.52 Å². The van der Waals surface area contributed by atoms with Crippen molar-refractivity contribution < 1.29 is 0 Å². The third-order valence-electron chi connectivity index (χ3n) is 4.73. The number of rotatable bonds is 2. The first-order chi connectivity index (χ1) is 10.8. The average molecular weight is 288 g/mol. The Morgan fingerprint density at radius 3 is 2.86 bits per heavy atom. The molecule has 1 N–H and O–H groups in total. The predicted molar refractivity (Wildman–Crippen MR) is 91.9 cm³/mol. The predicted octanol–water partition coefficient (Wildman–Crippen LogP) is 4.50. The Morgan fingerprint density at radius 2 is 1.95 bits per heavy atom. The lowest BCUT2D eigenvalue weighted by Gasteiger charge is -2.25. The van der Waals surface area contributed by atoms with Gasteiger partial charge in [-0.05, 0) is 61.2 Å². The zero-order chi connectivity index (χ0) is 14.9. The summed E-state index contributed by atoms with van der Waals surface area (Å²) in [5.74, 6) is 0. The van der Waals surface area contributed by atoms with Crippen molar-refractivity contribution >= 4 is 10.9 Å². The summed E-state index contributed by atoms with van der Waals surface area (Å²) < 4.78 is 0. The van der Waals surface area contributed by atoms with E-state index in [1.165, 1.54) is 46.9 Å². The molecule has 1 aliphatic rings. The maximum Gasteiger partial charge on any atom is 0.0702 e. The molecule has 2 aromatic carbocycles. The first-order valence-corrected chi connectivity index (χ1v) is 8.00. The highest BCUT2D eigenvalue weighted by Crippen LogP contribution is 2.33. The number of pyridine rings is 1. The topological polar surface area (TPSA) is 24.9 Å². The lowest BCUT2D eigenvalue weighted by Crippen LogP contribution is -2.21. The van der Waals surface area contributed by atoms with Gasteiger partial charge in [-0.3, -0.25) is 4.98 Å². The van der Waals surface area contributed by atoms with E-state index in [1.54, 1.807) is 0 Å². The van der Waals surface area contributed by atoms with Crippen LogP contribution in [0, 0.1) is 0 Å². The molecule has 2 heteroatoms. The SMILES string of the molecule is CNC1CCCc2ccc(-c3cnc4ccccc4c3)cc21. The van der Waals surface area contributed by atoms with E-state index in [-0.39, 0.29) is 0 Å². The van der Waals surface area contributed by atoms with Crippen LogP contribution in [-0.2, 0) is 6.42 Å². The van der Waals surface area contributed by atoms with E-state index in [1.807, 2.05) is 12.3 Å². The third-order valence-corrected chi connectivity index (χ3v) is 4.73. The van der Waals surface area contributed by atoms with Gasteiger partial charge in [-0.2, -0.15) is 0 Å². The number of benzene rings is 2. The van der Waals surface area contributed by atoms with E-state index >= 15 is 0 Å². The summed E-state index contributed by atoms with van der Waals surface area (Å²) >= 11 is 0. The number of nitrogens with one attached hydrogen (secondary N) is 1. The molecular weight excluding hydrogens is 268 g/mol. The normalized spacial score (nSPS) is 17.4. The highest BCUT2D eigenvalue weighted by molar-refractivity contribution is 5.83. The second-order valence-electron chi connectivity index (χ2n) is 6.06. The Hall–Kier alpha value is -2.19. The van der Waals surface area contributed by atoms with Crippen molar-refractivity contribution in [3.63, 3.8) is 0 Å². The monoisotopic (exact) mass is 288 g/mol.